The third-order valence-corrected chi connectivity index (χ3v) is 5.44. The third kappa shape index (κ3) is 2.80. The lowest BCUT2D eigenvalue weighted by atomic mass is 9.80. The summed E-state index contributed by atoms with van der Waals surface area (Å²) in [6.45, 7) is 7.34. The number of ketones is 1. The van der Waals surface area contributed by atoms with Gasteiger partial charge in [-0.3, -0.25) is 4.79 Å². The van der Waals surface area contributed by atoms with E-state index in [1.165, 1.54) is 16.5 Å². The van der Waals surface area contributed by atoms with Crippen LogP contribution in [-0.4, -0.2) is 33.2 Å². The molecule has 3 heteroatoms. The lowest BCUT2D eigenvalue weighted by Crippen LogP contribution is -2.41. The molecule has 0 heterocycles. The highest BCUT2D eigenvalue weighted by atomic mass is 16.5. The Labute approximate surface area is 150 Å². The number of benzene rings is 2. The predicted octanol–water partition coefficient (Wildman–Crippen LogP) is 4.46. The van der Waals surface area contributed by atoms with E-state index < -0.39 is 5.41 Å². The van der Waals surface area contributed by atoms with Crippen molar-refractivity contribution in [3.8, 4) is 0 Å². The lowest BCUT2D eigenvalue weighted by molar-refractivity contribution is 0.0482. The van der Waals surface area contributed by atoms with E-state index in [0.717, 1.165) is 29.4 Å². The molecular weight excluding hydrogens is 312 g/mol. The van der Waals surface area contributed by atoms with Crippen molar-refractivity contribution in [2.75, 3.05) is 27.4 Å². The smallest absolute Gasteiger partial charge is 0.178 e. The van der Waals surface area contributed by atoms with Gasteiger partial charge < -0.3 is 9.47 Å². The summed E-state index contributed by atoms with van der Waals surface area (Å²) in [5, 5.41) is 2.32. The molecule has 0 saturated carbocycles. The van der Waals surface area contributed by atoms with Crippen LogP contribution in [0.15, 0.2) is 24.3 Å². The van der Waals surface area contributed by atoms with Crippen molar-refractivity contribution in [1.82, 2.24) is 0 Å². The SMILES string of the molecule is COCC1(COC)C(=O)c2cccc3c(CCC(C)C)c(C)cc1c23. The Morgan fingerprint density at radius 3 is 2.40 bits per heavy atom. The molecule has 2 aromatic carbocycles. The molecule has 0 aliphatic heterocycles. The van der Waals surface area contributed by atoms with E-state index in [1.54, 1.807) is 14.2 Å². The van der Waals surface area contributed by atoms with Gasteiger partial charge in [0, 0.05) is 19.8 Å². The van der Waals surface area contributed by atoms with Crippen LogP contribution in [0.2, 0.25) is 0 Å². The maximum absolute atomic E-state index is 13.3. The predicted molar refractivity (Wildman–Crippen MR) is 102 cm³/mol. The van der Waals surface area contributed by atoms with Gasteiger partial charge in [-0.05, 0) is 53.1 Å². The van der Waals surface area contributed by atoms with Crippen LogP contribution in [-0.2, 0) is 21.3 Å². The van der Waals surface area contributed by atoms with Crippen LogP contribution in [0.1, 0.15) is 47.3 Å². The summed E-state index contributed by atoms with van der Waals surface area (Å²) in [7, 11) is 3.30. The van der Waals surface area contributed by atoms with E-state index >= 15 is 0 Å². The summed E-state index contributed by atoms with van der Waals surface area (Å²) in [6.07, 6.45) is 2.19. The Hall–Kier alpha value is -1.71. The molecule has 0 N–H and O–H groups in total. The van der Waals surface area contributed by atoms with Crippen molar-refractivity contribution < 1.29 is 14.3 Å². The van der Waals surface area contributed by atoms with Crippen LogP contribution < -0.4 is 0 Å². The van der Waals surface area contributed by atoms with Gasteiger partial charge in [-0.1, -0.05) is 38.1 Å². The molecule has 25 heavy (non-hydrogen) atoms. The summed E-state index contributed by atoms with van der Waals surface area (Å²) < 4.78 is 10.9. The van der Waals surface area contributed by atoms with E-state index in [9.17, 15) is 4.79 Å². The molecule has 2 aromatic rings. The summed E-state index contributed by atoms with van der Waals surface area (Å²) in [6, 6.07) is 8.31. The minimum Gasteiger partial charge on any atom is -0.383 e. The number of rotatable bonds is 7. The maximum Gasteiger partial charge on any atom is 0.178 e. The van der Waals surface area contributed by atoms with Crippen molar-refractivity contribution in [3.63, 3.8) is 0 Å². The van der Waals surface area contributed by atoms with Crippen LogP contribution in [0.25, 0.3) is 10.8 Å². The maximum atomic E-state index is 13.3. The zero-order valence-corrected chi connectivity index (χ0v) is 15.9. The molecular formula is C22H28O3. The number of aryl methyl sites for hydroxylation is 2. The second-order valence-corrected chi connectivity index (χ2v) is 7.66. The molecule has 0 radical (unpaired) electrons. The number of carbonyl (C=O) groups is 1. The number of ether oxygens (including phenoxy) is 2. The molecule has 134 valence electrons. The number of carbonyl (C=O) groups excluding carboxylic acids is 1. The van der Waals surface area contributed by atoms with Crippen molar-refractivity contribution in [2.24, 2.45) is 5.92 Å². The Morgan fingerprint density at radius 1 is 1.12 bits per heavy atom. The third-order valence-electron chi connectivity index (χ3n) is 5.44. The van der Waals surface area contributed by atoms with Gasteiger partial charge in [0.15, 0.2) is 5.78 Å². The summed E-state index contributed by atoms with van der Waals surface area (Å²) in [5.41, 5.74) is 3.77. The van der Waals surface area contributed by atoms with E-state index in [0.29, 0.717) is 19.1 Å². The number of Topliss-reactive ketones (excluding diaryl/α,β-unsaturated/α-hetero) is 1. The molecule has 0 aromatic heterocycles. The van der Waals surface area contributed by atoms with Gasteiger partial charge in [-0.25, -0.2) is 0 Å². The Morgan fingerprint density at radius 2 is 1.80 bits per heavy atom. The fraction of sp³-hybridized carbons (Fsp3) is 0.500. The second kappa shape index (κ2) is 6.89. The normalized spacial score (nSPS) is 15.5. The fourth-order valence-corrected chi connectivity index (χ4v) is 4.21. The minimum absolute atomic E-state index is 0.122. The van der Waals surface area contributed by atoms with Crippen molar-refractivity contribution in [2.45, 2.75) is 39.0 Å². The highest BCUT2D eigenvalue weighted by Gasteiger charge is 2.48. The molecule has 0 atom stereocenters. The highest BCUT2D eigenvalue weighted by molar-refractivity contribution is 6.21. The van der Waals surface area contributed by atoms with Crippen molar-refractivity contribution >= 4 is 16.6 Å². The van der Waals surface area contributed by atoms with Crippen LogP contribution >= 0.6 is 0 Å². The van der Waals surface area contributed by atoms with Crippen LogP contribution in [0.4, 0.5) is 0 Å². The summed E-state index contributed by atoms with van der Waals surface area (Å²) >= 11 is 0. The van der Waals surface area contributed by atoms with Crippen molar-refractivity contribution in [1.29, 1.82) is 0 Å². The first-order valence-corrected chi connectivity index (χ1v) is 9.04. The largest absolute Gasteiger partial charge is 0.383 e. The van der Waals surface area contributed by atoms with E-state index in [4.69, 9.17) is 9.47 Å². The molecule has 0 amide bonds. The molecule has 0 spiro atoms. The first-order chi connectivity index (χ1) is 12.0. The number of hydrogen-bond donors (Lipinski definition) is 0. The van der Waals surface area contributed by atoms with Gasteiger partial charge in [0.25, 0.3) is 0 Å². The van der Waals surface area contributed by atoms with E-state index in [2.05, 4.69) is 32.9 Å². The van der Waals surface area contributed by atoms with Crippen LogP contribution in [0.3, 0.4) is 0 Å². The standard InChI is InChI=1S/C22H28O3/c1-14(2)9-10-16-15(3)11-19-20-17(16)7-6-8-18(20)21(23)22(19,12-24-4)13-25-5/h6-8,11,14H,9-10,12-13H2,1-5H3. The topological polar surface area (TPSA) is 35.5 Å². The second-order valence-electron chi connectivity index (χ2n) is 7.66. The Balaban J connectivity index is 2.26. The fourth-order valence-electron chi connectivity index (χ4n) is 4.21. The van der Waals surface area contributed by atoms with Gasteiger partial charge >= 0.3 is 0 Å². The van der Waals surface area contributed by atoms with Gasteiger partial charge in [0.2, 0.25) is 0 Å². The van der Waals surface area contributed by atoms with Gasteiger partial charge in [-0.2, -0.15) is 0 Å². The van der Waals surface area contributed by atoms with Gasteiger partial charge in [-0.15, -0.1) is 0 Å². The Bertz CT molecular complexity index is 799. The van der Waals surface area contributed by atoms with Gasteiger partial charge in [0.05, 0.1) is 13.2 Å². The lowest BCUT2D eigenvalue weighted by Gasteiger charge is -2.28. The van der Waals surface area contributed by atoms with Crippen LogP contribution in [0.5, 0.6) is 0 Å². The molecule has 1 aliphatic rings. The molecule has 3 rings (SSSR count). The zero-order chi connectivity index (χ0) is 18.2. The summed E-state index contributed by atoms with van der Waals surface area (Å²) in [5.74, 6) is 0.780. The Kier molecular flexibility index (Phi) is 4.99. The first kappa shape index (κ1) is 18.1. The molecule has 0 unspecified atom stereocenters. The van der Waals surface area contributed by atoms with Crippen LogP contribution in [0, 0.1) is 12.8 Å². The quantitative estimate of drug-likeness (QED) is 0.746. The molecule has 0 bridgehead atoms. The molecule has 0 fully saturated rings. The van der Waals surface area contributed by atoms with E-state index in [-0.39, 0.29) is 5.78 Å². The number of hydrogen-bond acceptors (Lipinski definition) is 3. The van der Waals surface area contributed by atoms with Gasteiger partial charge in [0.1, 0.15) is 5.41 Å². The number of methoxy groups -OCH3 is 2. The monoisotopic (exact) mass is 340 g/mol. The highest BCUT2D eigenvalue weighted by Crippen LogP contribution is 2.45. The molecule has 3 nitrogen and oxygen atoms in total. The first-order valence-electron chi connectivity index (χ1n) is 9.04. The zero-order valence-electron chi connectivity index (χ0n) is 15.9. The molecule has 1 aliphatic carbocycles. The summed E-state index contributed by atoms with van der Waals surface area (Å²) in [4.78, 5) is 13.3. The van der Waals surface area contributed by atoms with Crippen molar-refractivity contribution in [3.05, 3.63) is 46.5 Å². The average molecular weight is 340 g/mol. The minimum atomic E-state index is -0.729. The average Bonchev–Trinajstić information content (AvgIpc) is 2.79. The van der Waals surface area contributed by atoms with E-state index in [1.807, 2.05) is 12.1 Å². The molecule has 0 saturated heterocycles.